The van der Waals surface area contributed by atoms with Gasteiger partial charge in [-0.3, -0.25) is 4.79 Å². The molecule has 0 aromatic carbocycles. The van der Waals surface area contributed by atoms with Gasteiger partial charge in [0.15, 0.2) is 5.62 Å². The fourth-order valence-electron chi connectivity index (χ4n) is 0.617. The van der Waals surface area contributed by atoms with E-state index in [1.807, 2.05) is 0 Å². The Balaban J connectivity index is 3.04. The molecule has 54 valence electrons. The quantitative estimate of drug-likeness (QED) is 0.591. The molecule has 0 aromatic heterocycles. The molecule has 0 bridgehead atoms. The lowest BCUT2D eigenvalue weighted by Crippen LogP contribution is -2.22. The number of nitrogens with two attached hydrogens (primary N) is 1. The molecule has 9 heavy (non-hydrogen) atoms. The van der Waals surface area contributed by atoms with Gasteiger partial charge in [-0.1, -0.05) is 25.1 Å². The van der Waals surface area contributed by atoms with Crippen LogP contribution in [0.1, 0.15) is 19.8 Å². The SMILES string of the molecule is CCCC(N)CSC=O. The summed E-state index contributed by atoms with van der Waals surface area (Å²) in [6, 6.07) is 0.199. The molecule has 0 aliphatic carbocycles. The zero-order chi connectivity index (χ0) is 7.11. The predicted molar refractivity (Wildman–Crippen MR) is 42.1 cm³/mol. The predicted octanol–water partition coefficient (Wildman–Crippen LogP) is 1.04. The first-order chi connectivity index (χ1) is 4.31. The second-order valence-corrected chi connectivity index (χ2v) is 2.84. The van der Waals surface area contributed by atoms with Crippen molar-refractivity contribution in [1.29, 1.82) is 0 Å². The first-order valence-corrected chi connectivity index (χ1v) is 4.17. The molecule has 0 saturated carbocycles. The fraction of sp³-hybridized carbons (Fsp3) is 0.833. The van der Waals surface area contributed by atoms with Gasteiger partial charge < -0.3 is 5.73 Å². The first-order valence-electron chi connectivity index (χ1n) is 3.12. The largest absolute Gasteiger partial charge is 0.327 e. The van der Waals surface area contributed by atoms with E-state index in [4.69, 9.17) is 5.73 Å². The lowest BCUT2D eigenvalue weighted by molar-refractivity contribution is 0.569. The molecule has 2 N–H and O–H groups in total. The van der Waals surface area contributed by atoms with Gasteiger partial charge in [-0.15, -0.1) is 0 Å². The highest BCUT2D eigenvalue weighted by Crippen LogP contribution is 2.00. The van der Waals surface area contributed by atoms with Crippen molar-refractivity contribution in [3.05, 3.63) is 0 Å². The molecule has 0 aromatic rings. The molecule has 1 unspecified atom stereocenters. The highest BCUT2D eigenvalue weighted by molar-refractivity contribution is 8.11. The summed E-state index contributed by atoms with van der Waals surface area (Å²) in [5, 5.41) is 0. The minimum Gasteiger partial charge on any atom is -0.327 e. The average molecular weight is 147 g/mol. The number of rotatable bonds is 5. The van der Waals surface area contributed by atoms with Crippen molar-refractivity contribution in [2.45, 2.75) is 25.8 Å². The van der Waals surface area contributed by atoms with Gasteiger partial charge in [0.05, 0.1) is 0 Å². The molecule has 0 amide bonds. The molecule has 0 aliphatic rings. The Kier molecular flexibility index (Phi) is 6.09. The minimum absolute atomic E-state index is 0.199. The van der Waals surface area contributed by atoms with Gasteiger partial charge in [0.1, 0.15) is 0 Å². The highest BCUT2D eigenvalue weighted by Gasteiger charge is 1.98. The monoisotopic (exact) mass is 147 g/mol. The molecule has 0 heterocycles. The maximum absolute atomic E-state index is 9.82. The lowest BCUT2D eigenvalue weighted by Gasteiger charge is -2.05. The number of carbonyl (C=O) groups is 1. The Morgan fingerprint density at radius 1 is 1.78 bits per heavy atom. The maximum Gasteiger partial charge on any atom is 0.176 e. The molecule has 0 aliphatic heterocycles. The maximum atomic E-state index is 9.82. The van der Waals surface area contributed by atoms with Crippen LogP contribution >= 0.6 is 11.8 Å². The molecule has 0 spiro atoms. The van der Waals surface area contributed by atoms with Gasteiger partial charge in [-0.25, -0.2) is 0 Å². The van der Waals surface area contributed by atoms with Crippen LogP contribution in [0.4, 0.5) is 0 Å². The lowest BCUT2D eigenvalue weighted by atomic mass is 10.2. The average Bonchev–Trinajstić information content (AvgIpc) is 1.85. The number of carbonyl (C=O) groups excluding carboxylic acids is 1. The van der Waals surface area contributed by atoms with E-state index in [9.17, 15) is 4.79 Å². The van der Waals surface area contributed by atoms with Gasteiger partial charge in [0, 0.05) is 11.8 Å². The third kappa shape index (κ3) is 5.86. The minimum atomic E-state index is 0.199. The summed E-state index contributed by atoms with van der Waals surface area (Å²) < 4.78 is 0. The zero-order valence-corrected chi connectivity index (χ0v) is 6.49. The number of hydrogen-bond acceptors (Lipinski definition) is 3. The van der Waals surface area contributed by atoms with Crippen LogP contribution in [0.15, 0.2) is 0 Å². The second kappa shape index (κ2) is 6.11. The van der Waals surface area contributed by atoms with Crippen molar-refractivity contribution in [2.75, 3.05) is 5.75 Å². The van der Waals surface area contributed by atoms with Gasteiger partial charge in [-0.05, 0) is 6.42 Å². The van der Waals surface area contributed by atoms with Crippen LogP contribution in [0.25, 0.3) is 0 Å². The van der Waals surface area contributed by atoms with Crippen LogP contribution < -0.4 is 5.73 Å². The summed E-state index contributed by atoms with van der Waals surface area (Å²) in [4.78, 5) is 9.82. The van der Waals surface area contributed by atoms with E-state index in [1.165, 1.54) is 11.8 Å². The molecule has 1 atom stereocenters. The topological polar surface area (TPSA) is 43.1 Å². The molecular formula is C6H13NOS. The molecule has 3 heteroatoms. The molecule has 0 radical (unpaired) electrons. The van der Waals surface area contributed by atoms with Crippen molar-refractivity contribution in [3.8, 4) is 0 Å². The van der Waals surface area contributed by atoms with Crippen molar-refractivity contribution >= 4 is 17.4 Å². The van der Waals surface area contributed by atoms with Gasteiger partial charge in [0.25, 0.3) is 0 Å². The third-order valence-electron chi connectivity index (χ3n) is 1.04. The van der Waals surface area contributed by atoms with E-state index in [0.717, 1.165) is 24.2 Å². The van der Waals surface area contributed by atoms with Crippen LogP contribution in [0.2, 0.25) is 0 Å². The van der Waals surface area contributed by atoms with Crippen LogP contribution in [-0.2, 0) is 4.79 Å². The van der Waals surface area contributed by atoms with Crippen molar-refractivity contribution in [2.24, 2.45) is 5.73 Å². The molecule has 0 rings (SSSR count). The Bertz CT molecular complexity index is 77.5. The summed E-state index contributed by atoms with van der Waals surface area (Å²) in [6.07, 6.45) is 2.11. The molecular weight excluding hydrogens is 134 g/mol. The van der Waals surface area contributed by atoms with Crippen molar-refractivity contribution < 1.29 is 4.79 Å². The van der Waals surface area contributed by atoms with Gasteiger partial charge in [0.2, 0.25) is 0 Å². The Hall–Kier alpha value is -0.0200. The smallest absolute Gasteiger partial charge is 0.176 e. The van der Waals surface area contributed by atoms with E-state index < -0.39 is 0 Å². The van der Waals surface area contributed by atoms with Crippen molar-refractivity contribution in [3.63, 3.8) is 0 Å². The summed E-state index contributed by atoms with van der Waals surface area (Å²) in [5.74, 6) is 0.761. The van der Waals surface area contributed by atoms with Gasteiger partial charge in [-0.2, -0.15) is 0 Å². The molecule has 2 nitrogen and oxygen atoms in total. The standard InChI is InChI=1S/C6H13NOS/c1-2-3-6(7)4-9-5-8/h5-6H,2-4,7H2,1H3. The van der Waals surface area contributed by atoms with Crippen LogP contribution in [-0.4, -0.2) is 17.4 Å². The van der Waals surface area contributed by atoms with E-state index in [2.05, 4.69) is 6.92 Å². The Morgan fingerprint density at radius 2 is 2.44 bits per heavy atom. The second-order valence-electron chi connectivity index (χ2n) is 1.98. The van der Waals surface area contributed by atoms with E-state index in [0.29, 0.717) is 0 Å². The highest BCUT2D eigenvalue weighted by atomic mass is 32.2. The Morgan fingerprint density at radius 3 is 2.89 bits per heavy atom. The summed E-state index contributed by atoms with van der Waals surface area (Å²) >= 11 is 1.25. The van der Waals surface area contributed by atoms with Crippen LogP contribution in [0.3, 0.4) is 0 Å². The number of thioether (sulfide) groups is 1. The fourth-order valence-corrected chi connectivity index (χ4v) is 1.11. The Labute approximate surface area is 60.2 Å². The van der Waals surface area contributed by atoms with Crippen molar-refractivity contribution in [1.82, 2.24) is 0 Å². The van der Waals surface area contributed by atoms with E-state index in [1.54, 1.807) is 0 Å². The van der Waals surface area contributed by atoms with Crippen LogP contribution in [0.5, 0.6) is 0 Å². The summed E-state index contributed by atoms with van der Waals surface area (Å²) in [6.45, 7) is 2.09. The molecule has 0 saturated heterocycles. The molecule has 0 fully saturated rings. The zero-order valence-electron chi connectivity index (χ0n) is 5.67. The first kappa shape index (κ1) is 8.98. The third-order valence-corrected chi connectivity index (χ3v) is 1.79. The van der Waals surface area contributed by atoms with Gasteiger partial charge >= 0.3 is 0 Å². The van der Waals surface area contributed by atoms with E-state index >= 15 is 0 Å². The normalized spacial score (nSPS) is 13.1. The van der Waals surface area contributed by atoms with E-state index in [-0.39, 0.29) is 6.04 Å². The van der Waals surface area contributed by atoms with Crippen LogP contribution in [0, 0.1) is 0 Å². The number of hydrogen-bond donors (Lipinski definition) is 1. The summed E-state index contributed by atoms with van der Waals surface area (Å²) in [7, 11) is 0. The summed E-state index contributed by atoms with van der Waals surface area (Å²) in [5.41, 5.74) is 6.43.